The maximum atomic E-state index is 11.4. The van der Waals surface area contributed by atoms with Gasteiger partial charge in [0.25, 0.3) is 0 Å². The van der Waals surface area contributed by atoms with Crippen LogP contribution in [0.1, 0.15) is 5.82 Å². The average Bonchev–Trinajstić information content (AvgIpc) is 3.04. The molecule has 0 bridgehead atoms. The number of hydrogen-bond acceptors (Lipinski definition) is 5. The number of rotatable bonds is 4. The van der Waals surface area contributed by atoms with Crippen molar-refractivity contribution in [2.24, 2.45) is 0 Å². The van der Waals surface area contributed by atoms with Crippen molar-refractivity contribution >= 4 is 5.91 Å². The highest BCUT2D eigenvalue weighted by atomic mass is 16.3. The van der Waals surface area contributed by atoms with E-state index in [2.05, 4.69) is 15.0 Å². The van der Waals surface area contributed by atoms with Gasteiger partial charge in [-0.05, 0) is 12.1 Å². The number of aliphatic hydroxyl groups excluding tert-OH is 1. The lowest BCUT2D eigenvalue weighted by Crippen LogP contribution is -2.49. The average molecular weight is 301 g/mol. The number of nitrogens with zero attached hydrogens (tertiary/aromatic N) is 5. The van der Waals surface area contributed by atoms with Crippen molar-refractivity contribution in [2.45, 2.75) is 6.54 Å². The van der Waals surface area contributed by atoms with Crippen molar-refractivity contribution in [1.29, 1.82) is 0 Å². The third-order valence-electron chi connectivity index (χ3n) is 3.79. The van der Waals surface area contributed by atoms with Gasteiger partial charge in [0.05, 0.1) is 12.2 Å². The number of aliphatic hydroxyl groups is 1. The lowest BCUT2D eigenvalue weighted by Gasteiger charge is -2.33. The van der Waals surface area contributed by atoms with Gasteiger partial charge in [-0.2, -0.15) is 0 Å². The van der Waals surface area contributed by atoms with E-state index < -0.39 is 6.61 Å². The normalized spacial score (nSPS) is 16.0. The highest BCUT2D eigenvalue weighted by molar-refractivity contribution is 5.77. The van der Waals surface area contributed by atoms with Crippen molar-refractivity contribution in [3.63, 3.8) is 0 Å². The molecular formula is C15H19N5O2. The molecule has 116 valence electrons. The zero-order chi connectivity index (χ0) is 15.4. The molecule has 1 amide bonds. The minimum absolute atomic E-state index is 0.203. The van der Waals surface area contributed by atoms with E-state index in [4.69, 9.17) is 5.11 Å². The monoisotopic (exact) mass is 301 g/mol. The molecule has 1 aliphatic heterocycles. The Morgan fingerprint density at radius 2 is 1.86 bits per heavy atom. The molecule has 0 atom stereocenters. The minimum atomic E-state index is -0.414. The first kappa shape index (κ1) is 14.7. The number of piperazine rings is 1. The zero-order valence-electron chi connectivity index (χ0n) is 12.3. The summed E-state index contributed by atoms with van der Waals surface area (Å²) >= 11 is 0. The third-order valence-corrected chi connectivity index (χ3v) is 3.79. The van der Waals surface area contributed by atoms with E-state index in [-0.39, 0.29) is 5.91 Å². The van der Waals surface area contributed by atoms with Crippen LogP contribution in [-0.4, -0.2) is 68.4 Å². The van der Waals surface area contributed by atoms with Crippen molar-refractivity contribution < 1.29 is 9.90 Å². The highest BCUT2D eigenvalue weighted by Gasteiger charge is 2.21. The SMILES string of the molecule is O=C(CO)N1CCN(Cc2ncn(-c3ccccc3)n2)CC1. The van der Waals surface area contributed by atoms with Crippen molar-refractivity contribution in [3.05, 3.63) is 42.5 Å². The number of aromatic nitrogens is 3. The topological polar surface area (TPSA) is 74.5 Å². The largest absolute Gasteiger partial charge is 0.387 e. The molecule has 0 saturated carbocycles. The standard InChI is InChI=1S/C15H19N5O2/c21-11-15(22)19-8-6-18(7-9-19)10-14-16-12-20(17-14)13-4-2-1-3-5-13/h1-5,12,21H,6-11H2. The quantitative estimate of drug-likeness (QED) is 0.854. The van der Waals surface area contributed by atoms with Gasteiger partial charge >= 0.3 is 0 Å². The van der Waals surface area contributed by atoms with Gasteiger partial charge in [0, 0.05) is 26.2 Å². The number of amides is 1. The van der Waals surface area contributed by atoms with Gasteiger partial charge in [0.15, 0.2) is 5.82 Å². The van der Waals surface area contributed by atoms with Crippen molar-refractivity contribution in [2.75, 3.05) is 32.8 Å². The summed E-state index contributed by atoms with van der Waals surface area (Å²) in [5, 5.41) is 13.4. The van der Waals surface area contributed by atoms with Gasteiger partial charge in [-0.3, -0.25) is 9.69 Å². The Hall–Kier alpha value is -2.25. The van der Waals surface area contributed by atoms with Gasteiger partial charge in [-0.25, -0.2) is 9.67 Å². The van der Waals surface area contributed by atoms with E-state index in [1.54, 1.807) is 15.9 Å². The van der Waals surface area contributed by atoms with E-state index in [9.17, 15) is 4.79 Å². The van der Waals surface area contributed by atoms with Crippen LogP contribution >= 0.6 is 0 Å². The van der Waals surface area contributed by atoms with E-state index in [1.165, 1.54) is 0 Å². The summed E-state index contributed by atoms with van der Waals surface area (Å²) in [6.45, 7) is 3.07. The maximum absolute atomic E-state index is 11.4. The summed E-state index contributed by atoms with van der Waals surface area (Å²) in [6.07, 6.45) is 1.72. The van der Waals surface area contributed by atoms with Crippen LogP contribution in [0.4, 0.5) is 0 Å². The molecule has 1 aromatic carbocycles. The Bertz CT molecular complexity index is 620. The van der Waals surface area contributed by atoms with Crippen LogP contribution in [-0.2, 0) is 11.3 Å². The molecule has 7 heteroatoms. The molecule has 7 nitrogen and oxygen atoms in total. The van der Waals surface area contributed by atoms with Crippen molar-refractivity contribution in [1.82, 2.24) is 24.6 Å². The lowest BCUT2D eigenvalue weighted by molar-refractivity contribution is -0.136. The maximum Gasteiger partial charge on any atom is 0.248 e. The van der Waals surface area contributed by atoms with E-state index in [0.717, 1.165) is 24.6 Å². The molecule has 1 aliphatic rings. The molecule has 1 N–H and O–H groups in total. The van der Waals surface area contributed by atoms with Crippen LogP contribution in [0.25, 0.3) is 5.69 Å². The summed E-state index contributed by atoms with van der Waals surface area (Å²) < 4.78 is 1.76. The van der Waals surface area contributed by atoms with Gasteiger partial charge in [0.1, 0.15) is 12.9 Å². The first-order valence-electron chi connectivity index (χ1n) is 7.33. The van der Waals surface area contributed by atoms with Crippen LogP contribution in [0, 0.1) is 0 Å². The summed E-state index contributed by atoms with van der Waals surface area (Å²) in [6, 6.07) is 9.87. The first-order valence-corrected chi connectivity index (χ1v) is 7.33. The lowest BCUT2D eigenvalue weighted by atomic mass is 10.3. The van der Waals surface area contributed by atoms with Gasteiger partial charge in [-0.1, -0.05) is 18.2 Å². The molecule has 1 aromatic heterocycles. The summed E-state index contributed by atoms with van der Waals surface area (Å²) in [5.74, 6) is 0.567. The number of carbonyl (C=O) groups is 1. The molecule has 3 rings (SSSR count). The van der Waals surface area contributed by atoms with Crippen molar-refractivity contribution in [3.8, 4) is 5.69 Å². The molecule has 22 heavy (non-hydrogen) atoms. The van der Waals surface area contributed by atoms with E-state index in [0.29, 0.717) is 19.6 Å². The Kier molecular flexibility index (Phi) is 4.45. The van der Waals surface area contributed by atoms with Crippen LogP contribution in [0.3, 0.4) is 0 Å². The van der Waals surface area contributed by atoms with E-state index in [1.807, 2.05) is 30.3 Å². The van der Waals surface area contributed by atoms with Crippen LogP contribution in [0.15, 0.2) is 36.7 Å². The molecule has 2 heterocycles. The number of carbonyl (C=O) groups excluding carboxylic acids is 1. The Labute approximate surface area is 128 Å². The smallest absolute Gasteiger partial charge is 0.248 e. The zero-order valence-corrected chi connectivity index (χ0v) is 12.3. The predicted octanol–water partition coefficient (Wildman–Crippen LogP) is -0.0962. The summed E-state index contributed by atoms with van der Waals surface area (Å²) in [7, 11) is 0. The second kappa shape index (κ2) is 6.67. The van der Waals surface area contributed by atoms with E-state index >= 15 is 0 Å². The van der Waals surface area contributed by atoms with Crippen LogP contribution < -0.4 is 0 Å². The molecule has 2 aromatic rings. The Morgan fingerprint density at radius 3 is 2.55 bits per heavy atom. The van der Waals surface area contributed by atoms with Gasteiger partial charge in [0.2, 0.25) is 5.91 Å². The van der Waals surface area contributed by atoms with Crippen LogP contribution in [0.5, 0.6) is 0 Å². The fraction of sp³-hybridized carbons (Fsp3) is 0.400. The minimum Gasteiger partial charge on any atom is -0.387 e. The Balaban J connectivity index is 1.57. The summed E-state index contributed by atoms with van der Waals surface area (Å²) in [5.41, 5.74) is 0.986. The molecule has 0 spiro atoms. The number of para-hydroxylation sites is 1. The molecule has 0 radical (unpaired) electrons. The Morgan fingerprint density at radius 1 is 1.14 bits per heavy atom. The third kappa shape index (κ3) is 3.32. The predicted molar refractivity (Wildman–Crippen MR) is 80.3 cm³/mol. The van der Waals surface area contributed by atoms with Gasteiger partial charge in [-0.15, -0.1) is 5.10 Å². The van der Waals surface area contributed by atoms with Gasteiger partial charge < -0.3 is 10.0 Å². The second-order valence-corrected chi connectivity index (χ2v) is 5.26. The molecule has 1 saturated heterocycles. The molecule has 0 unspecified atom stereocenters. The second-order valence-electron chi connectivity index (χ2n) is 5.26. The fourth-order valence-electron chi connectivity index (χ4n) is 2.53. The first-order chi connectivity index (χ1) is 10.8. The number of hydrogen-bond donors (Lipinski definition) is 1. The molecular weight excluding hydrogens is 282 g/mol. The number of benzene rings is 1. The molecule has 1 fully saturated rings. The summed E-state index contributed by atoms with van der Waals surface area (Å²) in [4.78, 5) is 19.7. The molecule has 0 aliphatic carbocycles. The fourth-order valence-corrected chi connectivity index (χ4v) is 2.53. The highest BCUT2D eigenvalue weighted by Crippen LogP contribution is 2.08. The van der Waals surface area contributed by atoms with Crippen LogP contribution in [0.2, 0.25) is 0 Å².